The summed E-state index contributed by atoms with van der Waals surface area (Å²) in [5.74, 6) is -0.507. The lowest BCUT2D eigenvalue weighted by atomic mass is 10.0. The molecule has 2 aromatic carbocycles. The van der Waals surface area contributed by atoms with Crippen molar-refractivity contribution >= 4 is 32.8 Å². The highest BCUT2D eigenvalue weighted by molar-refractivity contribution is 7.89. The van der Waals surface area contributed by atoms with Gasteiger partial charge >= 0.3 is 0 Å². The van der Waals surface area contributed by atoms with Crippen molar-refractivity contribution in [1.82, 2.24) is 9.71 Å². The maximum Gasteiger partial charge on any atom is 0.240 e. The van der Waals surface area contributed by atoms with Gasteiger partial charge in [-0.3, -0.25) is 9.59 Å². The zero-order chi connectivity index (χ0) is 22.8. The van der Waals surface area contributed by atoms with E-state index >= 15 is 0 Å². The van der Waals surface area contributed by atoms with Crippen molar-refractivity contribution < 1.29 is 18.3 Å². The Balaban J connectivity index is 1.93. The minimum Gasteiger partial charge on any atom is -0.382 e. The van der Waals surface area contributed by atoms with Crippen molar-refractivity contribution in [1.29, 1.82) is 0 Å². The topological polar surface area (TPSA) is 116 Å². The molecule has 31 heavy (non-hydrogen) atoms. The standard InChI is InChI=1S/C23H24N2O5S/c1-15-7-10-18(11-8-15)31(29,30)24-14-16-5-4-6-19-20(26)13-17(25-22(16)19)9-12-21(27)23(2,3)28/h4-13,24,28H,14H2,1-3H3,(H,25,26)/b12-9+. The van der Waals surface area contributed by atoms with Crippen LogP contribution in [0.5, 0.6) is 0 Å². The number of H-pyrrole nitrogens is 1. The highest BCUT2D eigenvalue weighted by Gasteiger charge is 2.20. The molecule has 8 heteroatoms. The van der Waals surface area contributed by atoms with Gasteiger partial charge in [-0.25, -0.2) is 13.1 Å². The normalized spacial score (nSPS) is 12.5. The van der Waals surface area contributed by atoms with Crippen LogP contribution in [0.15, 0.2) is 64.3 Å². The molecule has 3 rings (SSSR count). The third-order valence-electron chi connectivity index (χ3n) is 4.77. The first kappa shape index (κ1) is 22.6. The molecule has 7 nitrogen and oxygen atoms in total. The summed E-state index contributed by atoms with van der Waals surface area (Å²) in [5, 5.41) is 10.2. The molecule has 0 spiro atoms. The number of pyridine rings is 1. The van der Waals surface area contributed by atoms with E-state index in [-0.39, 0.29) is 16.9 Å². The predicted octanol–water partition coefficient (Wildman–Crippen LogP) is 2.67. The van der Waals surface area contributed by atoms with E-state index in [2.05, 4.69) is 9.71 Å². The fraction of sp³-hybridized carbons (Fsp3) is 0.217. The quantitative estimate of drug-likeness (QED) is 0.489. The largest absolute Gasteiger partial charge is 0.382 e. The van der Waals surface area contributed by atoms with Gasteiger partial charge in [-0.2, -0.15) is 0 Å². The van der Waals surface area contributed by atoms with Gasteiger partial charge in [0.15, 0.2) is 11.2 Å². The number of aryl methyl sites for hydroxylation is 1. The second kappa shape index (κ2) is 8.58. The van der Waals surface area contributed by atoms with Gasteiger partial charge in [0.2, 0.25) is 10.0 Å². The number of benzene rings is 2. The lowest BCUT2D eigenvalue weighted by Crippen LogP contribution is -2.29. The number of para-hydroxylation sites is 1. The summed E-state index contributed by atoms with van der Waals surface area (Å²) < 4.78 is 27.8. The van der Waals surface area contributed by atoms with E-state index in [4.69, 9.17) is 0 Å². The summed E-state index contributed by atoms with van der Waals surface area (Å²) in [4.78, 5) is 27.7. The van der Waals surface area contributed by atoms with Crippen LogP contribution in [0.25, 0.3) is 17.0 Å². The number of hydrogen-bond acceptors (Lipinski definition) is 5. The molecule has 0 unspecified atom stereocenters. The van der Waals surface area contributed by atoms with Crippen molar-refractivity contribution in [3.8, 4) is 0 Å². The number of nitrogens with one attached hydrogen (secondary N) is 2. The summed E-state index contributed by atoms with van der Waals surface area (Å²) in [6.45, 7) is 4.60. The number of ketones is 1. The summed E-state index contributed by atoms with van der Waals surface area (Å²) in [6.07, 6.45) is 2.61. The number of fused-ring (bicyclic) bond motifs is 1. The number of aromatic nitrogens is 1. The summed E-state index contributed by atoms with van der Waals surface area (Å²) in [6, 6.07) is 12.9. The summed E-state index contributed by atoms with van der Waals surface area (Å²) in [5.41, 5.74) is 0.574. The molecule has 0 saturated carbocycles. The third kappa shape index (κ3) is 5.35. The van der Waals surface area contributed by atoms with Crippen LogP contribution in [-0.4, -0.2) is 29.9 Å². The fourth-order valence-electron chi connectivity index (χ4n) is 2.93. The molecular formula is C23H24N2O5S. The minimum absolute atomic E-state index is 0.0285. The van der Waals surface area contributed by atoms with E-state index in [1.165, 1.54) is 44.2 Å². The Hall–Kier alpha value is -3.07. The van der Waals surface area contributed by atoms with E-state index in [9.17, 15) is 23.1 Å². The molecule has 0 bridgehead atoms. The maximum atomic E-state index is 12.6. The number of aliphatic hydroxyl groups is 1. The maximum absolute atomic E-state index is 12.6. The van der Waals surface area contributed by atoms with Crippen LogP contribution in [0, 0.1) is 6.92 Å². The molecule has 1 heterocycles. The van der Waals surface area contributed by atoms with Crippen LogP contribution in [-0.2, 0) is 21.4 Å². The van der Waals surface area contributed by atoms with Crippen molar-refractivity contribution in [2.45, 2.75) is 37.8 Å². The Morgan fingerprint density at radius 3 is 2.48 bits per heavy atom. The van der Waals surface area contributed by atoms with Crippen LogP contribution in [0.1, 0.15) is 30.7 Å². The molecule has 3 aromatic rings. The first-order valence-corrected chi connectivity index (χ1v) is 11.1. The zero-order valence-electron chi connectivity index (χ0n) is 17.5. The number of carbonyl (C=O) groups is 1. The van der Waals surface area contributed by atoms with Gasteiger partial charge in [-0.1, -0.05) is 29.8 Å². The lowest BCUT2D eigenvalue weighted by Gasteiger charge is -2.12. The number of hydrogen-bond donors (Lipinski definition) is 3. The van der Waals surface area contributed by atoms with Gasteiger partial charge in [0.05, 0.1) is 10.4 Å². The molecule has 0 aliphatic carbocycles. The van der Waals surface area contributed by atoms with Crippen molar-refractivity contribution in [2.24, 2.45) is 0 Å². The smallest absolute Gasteiger partial charge is 0.240 e. The first-order chi connectivity index (χ1) is 14.5. The molecular weight excluding hydrogens is 416 g/mol. The van der Waals surface area contributed by atoms with E-state index in [0.29, 0.717) is 22.2 Å². The third-order valence-corrected chi connectivity index (χ3v) is 6.19. The Morgan fingerprint density at radius 1 is 1.16 bits per heavy atom. The first-order valence-electron chi connectivity index (χ1n) is 9.63. The highest BCUT2D eigenvalue weighted by atomic mass is 32.2. The lowest BCUT2D eigenvalue weighted by molar-refractivity contribution is -0.128. The van der Waals surface area contributed by atoms with E-state index < -0.39 is 21.4 Å². The van der Waals surface area contributed by atoms with Crippen LogP contribution >= 0.6 is 0 Å². The average molecular weight is 441 g/mol. The van der Waals surface area contributed by atoms with Crippen molar-refractivity contribution in [3.05, 3.63) is 81.7 Å². The van der Waals surface area contributed by atoms with E-state index in [1.807, 2.05) is 6.92 Å². The molecule has 0 amide bonds. The van der Waals surface area contributed by atoms with Gasteiger partial charge < -0.3 is 10.1 Å². The summed E-state index contributed by atoms with van der Waals surface area (Å²) >= 11 is 0. The second-order valence-electron chi connectivity index (χ2n) is 7.82. The highest BCUT2D eigenvalue weighted by Crippen LogP contribution is 2.17. The molecule has 1 aromatic heterocycles. The van der Waals surface area contributed by atoms with Crippen LogP contribution < -0.4 is 10.2 Å². The monoisotopic (exact) mass is 440 g/mol. The molecule has 162 valence electrons. The number of carbonyl (C=O) groups excluding carboxylic acids is 1. The van der Waals surface area contributed by atoms with Crippen LogP contribution in [0.4, 0.5) is 0 Å². The van der Waals surface area contributed by atoms with Gasteiger partial charge in [0, 0.05) is 23.7 Å². The Labute approximate surface area is 180 Å². The molecule has 0 aliphatic heterocycles. The Kier molecular flexibility index (Phi) is 6.26. The average Bonchev–Trinajstić information content (AvgIpc) is 2.70. The Morgan fingerprint density at radius 2 is 1.84 bits per heavy atom. The number of sulfonamides is 1. The fourth-order valence-corrected chi connectivity index (χ4v) is 3.94. The molecule has 0 aliphatic rings. The van der Waals surface area contributed by atoms with E-state index in [1.54, 1.807) is 30.3 Å². The second-order valence-corrected chi connectivity index (χ2v) is 9.59. The minimum atomic E-state index is -3.73. The number of aromatic amines is 1. The summed E-state index contributed by atoms with van der Waals surface area (Å²) in [7, 11) is -3.73. The molecule has 3 N–H and O–H groups in total. The van der Waals surface area contributed by atoms with Crippen LogP contribution in [0.2, 0.25) is 0 Å². The van der Waals surface area contributed by atoms with Gasteiger partial charge in [-0.15, -0.1) is 0 Å². The van der Waals surface area contributed by atoms with Gasteiger partial charge in [0.25, 0.3) is 0 Å². The SMILES string of the molecule is Cc1ccc(S(=O)(=O)NCc2cccc3c(=O)cc(/C=C/C(=O)C(C)(C)O)[nH]c23)cc1. The molecule has 0 atom stereocenters. The predicted molar refractivity (Wildman–Crippen MR) is 120 cm³/mol. The van der Waals surface area contributed by atoms with E-state index in [0.717, 1.165) is 5.56 Å². The van der Waals surface area contributed by atoms with Crippen molar-refractivity contribution in [3.63, 3.8) is 0 Å². The Bertz CT molecular complexity index is 1310. The molecule has 0 radical (unpaired) electrons. The number of rotatable bonds is 7. The van der Waals surface area contributed by atoms with Gasteiger partial charge in [-0.05, 0) is 56.7 Å². The molecule has 0 saturated heterocycles. The van der Waals surface area contributed by atoms with Crippen molar-refractivity contribution in [2.75, 3.05) is 0 Å². The zero-order valence-corrected chi connectivity index (χ0v) is 18.3. The van der Waals surface area contributed by atoms with Gasteiger partial charge in [0.1, 0.15) is 5.60 Å². The van der Waals surface area contributed by atoms with Crippen LogP contribution in [0.3, 0.4) is 0 Å². The molecule has 0 fully saturated rings.